The van der Waals surface area contributed by atoms with E-state index in [0.29, 0.717) is 29.5 Å². The van der Waals surface area contributed by atoms with E-state index in [-0.39, 0.29) is 28.2 Å². The second kappa shape index (κ2) is 9.31. The molecule has 4 rings (SSSR count). The van der Waals surface area contributed by atoms with Gasteiger partial charge in [-0.3, -0.25) is 4.79 Å². The molecule has 2 aromatic carbocycles. The van der Waals surface area contributed by atoms with Crippen molar-refractivity contribution in [3.63, 3.8) is 0 Å². The summed E-state index contributed by atoms with van der Waals surface area (Å²) in [6.45, 7) is 3.05. The van der Waals surface area contributed by atoms with Gasteiger partial charge >= 0.3 is 0 Å². The zero-order valence-electron chi connectivity index (χ0n) is 19.5. The molecule has 2 aliphatic rings. The van der Waals surface area contributed by atoms with Gasteiger partial charge in [0.15, 0.2) is 5.78 Å². The third-order valence-corrected chi connectivity index (χ3v) is 7.00. The number of hydrogen-bond donors (Lipinski definition) is 5. The summed E-state index contributed by atoms with van der Waals surface area (Å²) in [7, 11) is 1.46. The Balaban J connectivity index is 1.77. The van der Waals surface area contributed by atoms with Gasteiger partial charge in [-0.15, -0.1) is 0 Å². The summed E-state index contributed by atoms with van der Waals surface area (Å²) in [5.41, 5.74) is -0.668. The Morgan fingerprint density at radius 3 is 2.35 bits per heavy atom. The van der Waals surface area contributed by atoms with E-state index in [1.807, 2.05) is 0 Å². The summed E-state index contributed by atoms with van der Waals surface area (Å²) in [6.07, 6.45) is -4.23. The van der Waals surface area contributed by atoms with Crippen LogP contribution >= 0.6 is 0 Å². The molecule has 0 spiro atoms. The van der Waals surface area contributed by atoms with Gasteiger partial charge in [0.2, 0.25) is 6.29 Å². The highest BCUT2D eigenvalue weighted by molar-refractivity contribution is 6.07. The van der Waals surface area contributed by atoms with Gasteiger partial charge in [-0.05, 0) is 43.7 Å². The number of hydrogen-bond acceptors (Lipinski definition) is 9. The number of Topliss-reactive ketones (excluding diaryl/α,β-unsaturated/α-hetero) is 1. The first-order valence-electron chi connectivity index (χ1n) is 11.5. The molecule has 5 N–H and O–H groups in total. The quantitative estimate of drug-likeness (QED) is 0.409. The Kier molecular flexibility index (Phi) is 6.76. The Morgan fingerprint density at radius 1 is 1.06 bits per heavy atom. The minimum Gasteiger partial charge on any atom is -0.506 e. The maximum atomic E-state index is 12.2. The highest BCUT2D eigenvalue weighted by atomic mass is 16.7. The number of aliphatic hydroxyl groups excluding tert-OH is 3. The van der Waals surface area contributed by atoms with E-state index in [1.165, 1.54) is 20.1 Å². The van der Waals surface area contributed by atoms with Crippen molar-refractivity contribution in [3.8, 4) is 17.2 Å². The second-order valence-corrected chi connectivity index (χ2v) is 9.38. The summed E-state index contributed by atoms with van der Waals surface area (Å²) in [6, 6.07) is 4.85. The number of carbonyl (C=O) groups excluding carboxylic acids is 1. The van der Waals surface area contributed by atoms with Crippen LogP contribution in [0.3, 0.4) is 0 Å². The SMILES string of the molecule is COc1cc(OC2OC(C3(O)CCCCC3)C(O)C(O)C2O)c2c(O)c(C(C)=O)c(C)cc2c1. The summed E-state index contributed by atoms with van der Waals surface area (Å²) >= 11 is 0. The summed E-state index contributed by atoms with van der Waals surface area (Å²) < 4.78 is 17.2. The lowest BCUT2D eigenvalue weighted by Crippen LogP contribution is -2.65. The first kappa shape index (κ1) is 24.7. The average Bonchev–Trinajstić information content (AvgIpc) is 2.78. The maximum absolute atomic E-state index is 12.2. The molecule has 1 saturated carbocycles. The smallest absolute Gasteiger partial charge is 0.229 e. The van der Waals surface area contributed by atoms with Gasteiger partial charge in [-0.1, -0.05) is 25.3 Å². The number of rotatable bonds is 5. The molecule has 1 aliphatic heterocycles. The fourth-order valence-electron chi connectivity index (χ4n) is 5.21. The zero-order chi connectivity index (χ0) is 24.8. The monoisotopic (exact) mass is 476 g/mol. The molecule has 0 amide bonds. The molecule has 9 nitrogen and oxygen atoms in total. The molecule has 34 heavy (non-hydrogen) atoms. The van der Waals surface area contributed by atoms with E-state index in [4.69, 9.17) is 14.2 Å². The highest BCUT2D eigenvalue weighted by Crippen LogP contribution is 2.43. The van der Waals surface area contributed by atoms with Crippen LogP contribution in [0.15, 0.2) is 18.2 Å². The molecule has 1 saturated heterocycles. The predicted octanol–water partition coefficient (Wildman–Crippen LogP) is 1.95. The Bertz CT molecular complexity index is 1080. The maximum Gasteiger partial charge on any atom is 0.229 e. The Labute approximate surface area is 197 Å². The van der Waals surface area contributed by atoms with Crippen molar-refractivity contribution in [1.82, 2.24) is 0 Å². The number of aromatic hydroxyl groups is 1. The van der Waals surface area contributed by atoms with Crippen molar-refractivity contribution in [2.75, 3.05) is 7.11 Å². The summed E-state index contributed by atoms with van der Waals surface area (Å²) in [4.78, 5) is 12.2. The van der Waals surface area contributed by atoms with Gasteiger partial charge in [-0.2, -0.15) is 0 Å². The molecule has 186 valence electrons. The standard InChI is InChI=1S/C25H32O9/c1-12-9-14-10-15(32-3)11-16(18(14)19(27)17(12)13(2)26)33-24-22(30)20(28)21(29)23(34-24)25(31)7-5-4-6-8-25/h9-11,20-24,27-31H,4-8H2,1-3H3. The highest BCUT2D eigenvalue weighted by Gasteiger charge is 2.53. The molecule has 5 atom stereocenters. The Hall–Kier alpha value is -2.43. The van der Waals surface area contributed by atoms with E-state index >= 15 is 0 Å². The number of aryl methyl sites for hydroxylation is 1. The van der Waals surface area contributed by atoms with Crippen molar-refractivity contribution >= 4 is 16.6 Å². The van der Waals surface area contributed by atoms with Crippen molar-refractivity contribution in [2.45, 2.75) is 82.3 Å². The van der Waals surface area contributed by atoms with Gasteiger partial charge in [0.1, 0.15) is 41.7 Å². The molecule has 0 aromatic heterocycles. The number of fused-ring (bicyclic) bond motifs is 1. The molecule has 2 fully saturated rings. The first-order valence-corrected chi connectivity index (χ1v) is 11.5. The van der Waals surface area contributed by atoms with Crippen LogP contribution in [0, 0.1) is 6.92 Å². The molecule has 0 bridgehead atoms. The summed E-state index contributed by atoms with van der Waals surface area (Å²) in [5, 5.41) is 54.6. The fraction of sp³-hybridized carbons (Fsp3) is 0.560. The van der Waals surface area contributed by atoms with Crippen LogP contribution in [-0.4, -0.2) is 74.7 Å². The number of phenolic OH excluding ortho intramolecular Hbond substituents is 1. The molecule has 9 heteroatoms. The van der Waals surface area contributed by atoms with Crippen LogP contribution in [-0.2, 0) is 4.74 Å². The fourth-order valence-corrected chi connectivity index (χ4v) is 5.21. The molecule has 0 radical (unpaired) electrons. The van der Waals surface area contributed by atoms with Crippen LogP contribution in [0.4, 0.5) is 0 Å². The third-order valence-electron chi connectivity index (χ3n) is 7.00. The lowest BCUT2D eigenvalue weighted by atomic mass is 9.76. The van der Waals surface area contributed by atoms with E-state index in [0.717, 1.165) is 19.3 Å². The Morgan fingerprint density at radius 2 is 1.74 bits per heavy atom. The van der Waals surface area contributed by atoms with Gasteiger partial charge in [-0.25, -0.2) is 0 Å². The topological polar surface area (TPSA) is 146 Å². The van der Waals surface area contributed by atoms with Crippen LogP contribution < -0.4 is 9.47 Å². The predicted molar refractivity (Wildman–Crippen MR) is 122 cm³/mol. The molecular weight excluding hydrogens is 444 g/mol. The number of aliphatic hydroxyl groups is 4. The molecule has 5 unspecified atom stereocenters. The average molecular weight is 477 g/mol. The number of carbonyl (C=O) groups is 1. The zero-order valence-corrected chi connectivity index (χ0v) is 19.5. The molecule has 2 aromatic rings. The minimum absolute atomic E-state index is 0.0522. The van der Waals surface area contributed by atoms with Crippen molar-refractivity contribution in [1.29, 1.82) is 0 Å². The van der Waals surface area contributed by atoms with Crippen LogP contribution in [0.25, 0.3) is 10.8 Å². The van der Waals surface area contributed by atoms with Crippen LogP contribution in [0.2, 0.25) is 0 Å². The number of ether oxygens (including phenoxy) is 3. The number of benzene rings is 2. The van der Waals surface area contributed by atoms with E-state index < -0.39 is 36.3 Å². The first-order chi connectivity index (χ1) is 16.1. The lowest BCUT2D eigenvalue weighted by molar-refractivity contribution is -0.308. The van der Waals surface area contributed by atoms with E-state index in [9.17, 15) is 30.3 Å². The van der Waals surface area contributed by atoms with Crippen molar-refractivity contribution in [2.24, 2.45) is 0 Å². The normalized spacial score (nSPS) is 29.1. The second-order valence-electron chi connectivity index (χ2n) is 9.38. The van der Waals surface area contributed by atoms with E-state index in [1.54, 1.807) is 19.1 Å². The van der Waals surface area contributed by atoms with Crippen molar-refractivity contribution < 1.29 is 44.5 Å². The molecule has 1 heterocycles. The lowest BCUT2D eigenvalue weighted by Gasteiger charge is -2.48. The largest absolute Gasteiger partial charge is 0.506 e. The minimum atomic E-state index is -1.64. The van der Waals surface area contributed by atoms with Gasteiger partial charge in [0.05, 0.1) is 23.7 Å². The van der Waals surface area contributed by atoms with Gasteiger partial charge in [0, 0.05) is 6.07 Å². The van der Waals surface area contributed by atoms with Gasteiger partial charge in [0.25, 0.3) is 0 Å². The number of methoxy groups -OCH3 is 1. The van der Waals surface area contributed by atoms with E-state index in [2.05, 4.69) is 0 Å². The number of phenols is 1. The van der Waals surface area contributed by atoms with Crippen LogP contribution in [0.5, 0.6) is 17.2 Å². The molecule has 1 aliphatic carbocycles. The third kappa shape index (κ3) is 4.23. The molecular formula is C25H32O9. The van der Waals surface area contributed by atoms with Crippen LogP contribution in [0.1, 0.15) is 54.9 Å². The number of ketones is 1. The summed E-state index contributed by atoms with van der Waals surface area (Å²) in [5.74, 6) is -0.166. The van der Waals surface area contributed by atoms with Crippen molar-refractivity contribution in [3.05, 3.63) is 29.3 Å². The van der Waals surface area contributed by atoms with Gasteiger partial charge < -0.3 is 39.7 Å².